The number of unbranched alkanes of at least 4 members (excludes halogenated alkanes) is 1. The lowest BCUT2D eigenvalue weighted by Crippen LogP contribution is -2.48. The zero-order valence-corrected chi connectivity index (χ0v) is 11.4. The van der Waals surface area contributed by atoms with Gasteiger partial charge >= 0.3 is 11.9 Å². The van der Waals surface area contributed by atoms with Crippen molar-refractivity contribution in [2.45, 2.75) is 37.4 Å². The maximum absolute atomic E-state index is 11.2. The molecule has 0 radical (unpaired) electrons. The molecule has 0 saturated carbocycles. The smallest absolute Gasteiger partial charge is 0.328 e. The molecule has 8 nitrogen and oxygen atoms in total. The van der Waals surface area contributed by atoms with Gasteiger partial charge in [0.2, 0.25) is 4.75 Å². The Bertz CT molecular complexity index is 415. The third kappa shape index (κ3) is 5.13. The molecule has 0 aromatic carbocycles. The molecule has 1 unspecified atom stereocenters. The van der Waals surface area contributed by atoms with Crippen LogP contribution in [0.1, 0.15) is 32.6 Å². The maximum Gasteiger partial charge on any atom is 0.328 e. The molecule has 0 fully saturated rings. The average Bonchev–Trinajstić information content (AvgIpc) is 2.24. The highest BCUT2D eigenvalue weighted by Crippen LogP contribution is 2.26. The topological polar surface area (TPSA) is 138 Å². The molecule has 0 aromatic heterocycles. The largest absolute Gasteiger partial charge is 0.481 e. The zero-order chi connectivity index (χ0) is 15.1. The van der Waals surface area contributed by atoms with Crippen molar-refractivity contribution >= 4 is 22.1 Å². The Kier molecular flexibility index (Phi) is 6.95. The molecule has 0 saturated heterocycles. The lowest BCUT2D eigenvalue weighted by molar-refractivity contribution is -0.147. The Morgan fingerprint density at radius 3 is 2.16 bits per heavy atom. The van der Waals surface area contributed by atoms with E-state index in [1.165, 1.54) is 0 Å². The van der Waals surface area contributed by atoms with E-state index in [2.05, 4.69) is 0 Å². The van der Waals surface area contributed by atoms with Crippen molar-refractivity contribution < 1.29 is 37.5 Å². The molecule has 0 aliphatic heterocycles. The number of carboxylic acids is 2. The van der Waals surface area contributed by atoms with Gasteiger partial charge in [0.15, 0.2) is 0 Å². The molecule has 0 aliphatic carbocycles. The van der Waals surface area contributed by atoms with Crippen LogP contribution in [-0.2, 0) is 24.4 Å². The first-order valence-electron chi connectivity index (χ1n) is 5.67. The Morgan fingerprint density at radius 1 is 1.21 bits per heavy atom. The molecule has 0 aromatic rings. The van der Waals surface area contributed by atoms with Crippen molar-refractivity contribution in [1.29, 1.82) is 0 Å². The summed E-state index contributed by atoms with van der Waals surface area (Å²) in [6.45, 7) is 1.96. The Balaban J connectivity index is 4.94. The third-order valence-electron chi connectivity index (χ3n) is 2.61. The second-order valence-corrected chi connectivity index (χ2v) is 5.79. The first-order valence-corrected chi connectivity index (χ1v) is 7.11. The standard InChI is InChI=1S/C10H18O8S/c1-2-3-5-18-6-4-10(9(13)14,7-8(11)12)19(15,16)17/h2-7H2,1H3,(H,11,12)(H,13,14)(H,15,16,17). The number of rotatable bonds is 10. The third-order valence-corrected chi connectivity index (χ3v) is 4.12. The van der Waals surface area contributed by atoms with E-state index in [9.17, 15) is 18.0 Å². The van der Waals surface area contributed by atoms with E-state index in [-0.39, 0.29) is 6.61 Å². The number of ether oxygens (including phenoxy) is 1. The molecular weight excluding hydrogens is 280 g/mol. The second kappa shape index (κ2) is 7.41. The van der Waals surface area contributed by atoms with E-state index < -0.39 is 39.6 Å². The lowest BCUT2D eigenvalue weighted by Gasteiger charge is -2.24. The molecule has 19 heavy (non-hydrogen) atoms. The van der Waals surface area contributed by atoms with Gasteiger partial charge in [0.25, 0.3) is 10.1 Å². The minimum Gasteiger partial charge on any atom is -0.481 e. The van der Waals surface area contributed by atoms with Crippen molar-refractivity contribution in [3.63, 3.8) is 0 Å². The highest BCUT2D eigenvalue weighted by Gasteiger charge is 2.52. The van der Waals surface area contributed by atoms with Crippen LogP contribution in [0.2, 0.25) is 0 Å². The molecule has 0 amide bonds. The second-order valence-electron chi connectivity index (χ2n) is 4.06. The summed E-state index contributed by atoms with van der Waals surface area (Å²) in [5.41, 5.74) is 0. The summed E-state index contributed by atoms with van der Waals surface area (Å²) < 4.78 is 33.7. The number of carbonyl (C=O) groups is 2. The molecule has 3 N–H and O–H groups in total. The van der Waals surface area contributed by atoms with E-state index in [1.54, 1.807) is 0 Å². The van der Waals surface area contributed by atoms with Gasteiger partial charge in [0.05, 0.1) is 6.42 Å². The molecule has 112 valence electrons. The fourth-order valence-electron chi connectivity index (χ4n) is 1.43. The van der Waals surface area contributed by atoms with Gasteiger partial charge in [0.1, 0.15) is 0 Å². The fourth-order valence-corrected chi connectivity index (χ4v) is 2.30. The highest BCUT2D eigenvalue weighted by atomic mass is 32.2. The molecule has 0 spiro atoms. The van der Waals surface area contributed by atoms with Gasteiger partial charge < -0.3 is 14.9 Å². The van der Waals surface area contributed by atoms with Gasteiger partial charge in [-0.3, -0.25) is 14.1 Å². The number of aliphatic carboxylic acids is 2. The van der Waals surface area contributed by atoms with Crippen molar-refractivity contribution in [3.8, 4) is 0 Å². The Labute approximate surface area is 111 Å². The summed E-state index contributed by atoms with van der Waals surface area (Å²) in [6, 6.07) is 0. The fraction of sp³-hybridized carbons (Fsp3) is 0.800. The molecule has 9 heteroatoms. The van der Waals surface area contributed by atoms with E-state index in [0.29, 0.717) is 13.0 Å². The molecule has 0 bridgehead atoms. The number of hydrogen-bond donors (Lipinski definition) is 3. The Hall–Kier alpha value is -1.19. The van der Waals surface area contributed by atoms with Crippen LogP contribution in [0.25, 0.3) is 0 Å². The van der Waals surface area contributed by atoms with E-state index in [4.69, 9.17) is 19.5 Å². The minimum absolute atomic E-state index is 0.265. The van der Waals surface area contributed by atoms with Crippen molar-refractivity contribution in [2.75, 3.05) is 13.2 Å². The van der Waals surface area contributed by atoms with E-state index in [1.807, 2.05) is 6.92 Å². The van der Waals surface area contributed by atoms with Crippen LogP contribution in [0.4, 0.5) is 0 Å². The Morgan fingerprint density at radius 2 is 1.79 bits per heavy atom. The quantitative estimate of drug-likeness (QED) is 0.388. The van der Waals surface area contributed by atoms with Crippen LogP contribution >= 0.6 is 0 Å². The summed E-state index contributed by atoms with van der Waals surface area (Å²) in [6.07, 6.45) is -0.294. The van der Waals surface area contributed by atoms with E-state index in [0.717, 1.165) is 6.42 Å². The predicted octanol–water partition coefficient (Wildman–Crippen LogP) is 0.379. The predicted molar refractivity (Wildman–Crippen MR) is 64.5 cm³/mol. The highest BCUT2D eigenvalue weighted by molar-refractivity contribution is 7.88. The monoisotopic (exact) mass is 298 g/mol. The zero-order valence-electron chi connectivity index (χ0n) is 10.5. The first-order chi connectivity index (χ1) is 8.67. The summed E-state index contributed by atoms with van der Waals surface area (Å²) in [5, 5.41) is 17.6. The van der Waals surface area contributed by atoms with Crippen molar-refractivity contribution in [1.82, 2.24) is 0 Å². The molecule has 1 atom stereocenters. The number of carboxylic acid groups (broad SMARTS) is 2. The van der Waals surface area contributed by atoms with Gasteiger partial charge in [-0.1, -0.05) is 13.3 Å². The number of hydrogen-bond acceptors (Lipinski definition) is 5. The normalized spacial score (nSPS) is 14.8. The average molecular weight is 298 g/mol. The van der Waals surface area contributed by atoms with Crippen LogP contribution in [0.15, 0.2) is 0 Å². The summed E-state index contributed by atoms with van der Waals surface area (Å²) >= 11 is 0. The molecule has 0 rings (SSSR count). The van der Waals surface area contributed by atoms with Crippen LogP contribution < -0.4 is 0 Å². The van der Waals surface area contributed by atoms with Gasteiger partial charge in [-0.2, -0.15) is 8.42 Å². The van der Waals surface area contributed by atoms with E-state index >= 15 is 0 Å². The van der Waals surface area contributed by atoms with Crippen molar-refractivity contribution in [3.05, 3.63) is 0 Å². The van der Waals surface area contributed by atoms with Crippen LogP contribution in [0.3, 0.4) is 0 Å². The lowest BCUT2D eigenvalue weighted by atomic mass is 10.0. The minimum atomic E-state index is -5.07. The SMILES string of the molecule is CCCCOCCC(CC(=O)O)(C(=O)O)S(=O)(=O)O. The van der Waals surface area contributed by atoms with Gasteiger partial charge in [-0.25, -0.2) is 0 Å². The molecular formula is C10H18O8S. The van der Waals surface area contributed by atoms with Crippen molar-refractivity contribution in [2.24, 2.45) is 0 Å². The molecule has 0 heterocycles. The van der Waals surface area contributed by atoms with Gasteiger partial charge in [-0.15, -0.1) is 0 Å². The molecule has 0 aliphatic rings. The summed E-state index contributed by atoms with van der Waals surface area (Å²) in [4.78, 5) is 21.7. The summed E-state index contributed by atoms with van der Waals surface area (Å²) in [7, 11) is -5.07. The van der Waals surface area contributed by atoms with Crippen LogP contribution in [0, 0.1) is 0 Å². The first kappa shape index (κ1) is 17.8. The van der Waals surface area contributed by atoms with Gasteiger partial charge in [-0.05, 0) is 6.42 Å². The van der Waals surface area contributed by atoms with Crippen LogP contribution in [0.5, 0.6) is 0 Å². The van der Waals surface area contributed by atoms with Crippen LogP contribution in [-0.4, -0.2) is 53.1 Å². The van der Waals surface area contributed by atoms with Gasteiger partial charge in [0, 0.05) is 19.6 Å². The summed E-state index contributed by atoms with van der Waals surface area (Å²) in [5.74, 6) is -3.54. The maximum atomic E-state index is 11.2.